The molecule has 2 nitrogen and oxygen atoms in total. The summed E-state index contributed by atoms with van der Waals surface area (Å²) in [5, 5.41) is 9.86. The topological polar surface area (TPSA) is 23.5 Å². The third kappa shape index (κ3) is 5.53. The van der Waals surface area contributed by atoms with Crippen LogP contribution in [0.25, 0.3) is 0 Å². The van der Waals surface area contributed by atoms with Crippen molar-refractivity contribution in [3.8, 4) is 11.8 Å². The molecule has 1 fully saturated rings. The minimum atomic E-state index is -0.511. The van der Waals surface area contributed by atoms with E-state index in [1.54, 1.807) is 0 Å². The molecular weight excluding hydrogens is 198 g/mol. The van der Waals surface area contributed by atoms with Crippen LogP contribution in [0.3, 0.4) is 0 Å². The highest BCUT2D eigenvalue weighted by molar-refractivity contribution is 4.98. The second-order valence-electron chi connectivity index (χ2n) is 4.63. The maximum atomic E-state index is 9.86. The molecule has 0 amide bonds. The lowest BCUT2D eigenvalue weighted by atomic mass is 9.83. The molecular formula is C14H27NO. The van der Waals surface area contributed by atoms with Gasteiger partial charge in [-0.25, -0.2) is 0 Å². The summed E-state index contributed by atoms with van der Waals surface area (Å²) in [4.78, 5) is 2.36. The number of hydrogen-bond acceptors (Lipinski definition) is 2. The van der Waals surface area contributed by atoms with Crippen LogP contribution in [0.5, 0.6) is 0 Å². The molecule has 16 heavy (non-hydrogen) atoms. The lowest BCUT2D eigenvalue weighted by Gasteiger charge is -2.37. The fourth-order valence-electron chi connectivity index (χ4n) is 1.99. The van der Waals surface area contributed by atoms with E-state index in [0.717, 1.165) is 32.5 Å². The Labute approximate surface area is 101 Å². The number of likely N-dealkylation sites (tertiary alicyclic amines) is 1. The van der Waals surface area contributed by atoms with Gasteiger partial charge in [0.25, 0.3) is 0 Å². The van der Waals surface area contributed by atoms with Crippen LogP contribution in [-0.2, 0) is 0 Å². The zero-order chi connectivity index (χ0) is 12.6. The maximum Gasteiger partial charge on any atom is 0.0620 e. The smallest absolute Gasteiger partial charge is 0.0620 e. The summed E-state index contributed by atoms with van der Waals surface area (Å²) in [6.07, 6.45) is 2.18. The average molecular weight is 225 g/mol. The van der Waals surface area contributed by atoms with Gasteiger partial charge < -0.3 is 5.11 Å². The van der Waals surface area contributed by atoms with Crippen molar-refractivity contribution in [3.05, 3.63) is 0 Å². The zero-order valence-electron chi connectivity index (χ0n) is 11.5. The highest BCUT2D eigenvalue weighted by Crippen LogP contribution is 2.27. The lowest BCUT2D eigenvalue weighted by Crippen LogP contribution is -2.41. The fraction of sp³-hybridized carbons (Fsp3) is 0.857. The van der Waals surface area contributed by atoms with Gasteiger partial charge in [-0.15, -0.1) is 5.92 Å². The average Bonchev–Trinajstić information content (AvgIpc) is 2.28. The van der Waals surface area contributed by atoms with E-state index in [1.165, 1.54) is 0 Å². The zero-order valence-corrected chi connectivity index (χ0v) is 11.5. The summed E-state index contributed by atoms with van der Waals surface area (Å²) in [7, 11) is 0. The van der Waals surface area contributed by atoms with Gasteiger partial charge >= 0.3 is 0 Å². The van der Waals surface area contributed by atoms with Gasteiger partial charge in [0.1, 0.15) is 0 Å². The molecule has 1 aliphatic heterocycles. The third-order valence-corrected chi connectivity index (χ3v) is 3.07. The molecule has 0 aromatic rings. The molecule has 0 atom stereocenters. The van der Waals surface area contributed by atoms with E-state index in [0.29, 0.717) is 5.92 Å². The summed E-state index contributed by atoms with van der Waals surface area (Å²) < 4.78 is 0. The molecule has 1 heterocycles. The number of aliphatic hydroxyl groups is 1. The number of rotatable bonds is 2. The highest BCUT2D eigenvalue weighted by Gasteiger charge is 2.29. The molecule has 0 bridgehead atoms. The molecule has 94 valence electrons. The molecule has 0 aromatic heterocycles. The molecule has 0 saturated carbocycles. The molecule has 0 radical (unpaired) electrons. The van der Waals surface area contributed by atoms with Crippen molar-refractivity contribution in [3.63, 3.8) is 0 Å². The molecule has 0 aliphatic carbocycles. The summed E-state index contributed by atoms with van der Waals surface area (Å²) in [5.74, 6) is 6.45. The predicted molar refractivity (Wildman–Crippen MR) is 70.3 cm³/mol. The molecule has 0 unspecified atom stereocenters. The van der Waals surface area contributed by atoms with Crippen LogP contribution >= 0.6 is 0 Å². The van der Waals surface area contributed by atoms with Gasteiger partial charge in [-0.1, -0.05) is 19.8 Å². The van der Waals surface area contributed by atoms with Crippen molar-refractivity contribution in [2.24, 2.45) is 5.92 Å². The van der Waals surface area contributed by atoms with Crippen molar-refractivity contribution in [2.75, 3.05) is 19.6 Å². The highest BCUT2D eigenvalue weighted by atomic mass is 16.3. The van der Waals surface area contributed by atoms with E-state index in [4.69, 9.17) is 0 Å². The number of hydrogen-bond donors (Lipinski definition) is 1. The van der Waals surface area contributed by atoms with Crippen molar-refractivity contribution >= 4 is 0 Å². The first-order valence-corrected chi connectivity index (χ1v) is 6.38. The van der Waals surface area contributed by atoms with Gasteiger partial charge in [0, 0.05) is 0 Å². The van der Waals surface area contributed by atoms with Gasteiger partial charge in [-0.2, -0.15) is 0 Å². The monoisotopic (exact) mass is 225 g/mol. The first kappa shape index (κ1) is 15.5. The molecule has 0 spiro atoms. The Morgan fingerprint density at radius 1 is 1.25 bits per heavy atom. The summed E-state index contributed by atoms with van der Waals surface area (Å²) >= 11 is 0. The Morgan fingerprint density at radius 2 is 1.75 bits per heavy atom. The number of nitrogens with zero attached hydrogens (tertiary/aromatic N) is 1. The standard InChI is InChI=1S/C12H21NO.C2H6/c1-4-5-8-13-9-6-11(7-10-13)12(2,3)14;1-2/h11,14H,6-10H2,1-3H3;1-2H3. The van der Waals surface area contributed by atoms with Gasteiger partial charge in [0.05, 0.1) is 12.1 Å². The maximum absolute atomic E-state index is 9.86. The summed E-state index contributed by atoms with van der Waals surface area (Å²) in [6, 6.07) is 0. The molecule has 1 saturated heterocycles. The molecule has 1 N–H and O–H groups in total. The summed E-state index contributed by atoms with van der Waals surface area (Å²) in [5.41, 5.74) is -0.511. The first-order chi connectivity index (χ1) is 7.54. The Morgan fingerprint density at radius 3 is 2.12 bits per heavy atom. The van der Waals surface area contributed by atoms with E-state index < -0.39 is 5.60 Å². The van der Waals surface area contributed by atoms with Crippen LogP contribution in [0.4, 0.5) is 0 Å². The van der Waals surface area contributed by atoms with Gasteiger partial charge in [-0.3, -0.25) is 4.90 Å². The Balaban J connectivity index is 0.00000106. The third-order valence-electron chi connectivity index (χ3n) is 3.07. The van der Waals surface area contributed by atoms with Crippen LogP contribution in [0, 0.1) is 17.8 Å². The van der Waals surface area contributed by atoms with Crippen LogP contribution in [0.1, 0.15) is 47.5 Å². The Hall–Kier alpha value is -0.520. The normalized spacial score (nSPS) is 18.1. The second-order valence-corrected chi connectivity index (χ2v) is 4.63. The first-order valence-electron chi connectivity index (χ1n) is 6.38. The van der Waals surface area contributed by atoms with Crippen LogP contribution in [-0.4, -0.2) is 35.2 Å². The van der Waals surface area contributed by atoms with E-state index >= 15 is 0 Å². The molecule has 1 rings (SSSR count). The van der Waals surface area contributed by atoms with Crippen LogP contribution < -0.4 is 0 Å². The van der Waals surface area contributed by atoms with Gasteiger partial charge in [0.2, 0.25) is 0 Å². The Kier molecular flexibility index (Phi) is 7.45. The SMILES string of the molecule is CC.CC#CCN1CCC(C(C)(C)O)CC1. The fourth-order valence-corrected chi connectivity index (χ4v) is 1.99. The largest absolute Gasteiger partial charge is 0.390 e. The molecule has 2 heteroatoms. The van der Waals surface area contributed by atoms with Gasteiger partial charge in [-0.05, 0) is 52.6 Å². The predicted octanol–water partition coefficient (Wildman–Crippen LogP) is 2.52. The number of piperidine rings is 1. The Bertz CT molecular complexity index is 223. The van der Waals surface area contributed by atoms with Gasteiger partial charge in [0.15, 0.2) is 0 Å². The minimum Gasteiger partial charge on any atom is -0.390 e. The summed E-state index contributed by atoms with van der Waals surface area (Å²) in [6.45, 7) is 12.7. The lowest BCUT2D eigenvalue weighted by molar-refractivity contribution is -0.0108. The van der Waals surface area contributed by atoms with Crippen molar-refractivity contribution in [2.45, 2.75) is 53.1 Å². The van der Waals surface area contributed by atoms with Crippen molar-refractivity contribution in [1.29, 1.82) is 0 Å². The van der Waals surface area contributed by atoms with E-state index in [9.17, 15) is 5.11 Å². The quantitative estimate of drug-likeness (QED) is 0.730. The van der Waals surface area contributed by atoms with E-state index in [2.05, 4.69) is 16.7 Å². The van der Waals surface area contributed by atoms with E-state index in [-0.39, 0.29) is 0 Å². The minimum absolute atomic E-state index is 0.452. The van der Waals surface area contributed by atoms with Crippen molar-refractivity contribution in [1.82, 2.24) is 4.90 Å². The molecule has 0 aromatic carbocycles. The van der Waals surface area contributed by atoms with Crippen LogP contribution in [0.2, 0.25) is 0 Å². The van der Waals surface area contributed by atoms with Crippen molar-refractivity contribution < 1.29 is 5.11 Å². The van der Waals surface area contributed by atoms with E-state index in [1.807, 2.05) is 34.6 Å². The van der Waals surface area contributed by atoms with Crippen LogP contribution in [0.15, 0.2) is 0 Å². The molecule has 1 aliphatic rings. The second kappa shape index (κ2) is 7.70.